The van der Waals surface area contributed by atoms with Gasteiger partial charge in [0.2, 0.25) is 0 Å². The number of rotatable bonds is 5. The summed E-state index contributed by atoms with van der Waals surface area (Å²) >= 11 is 6.04. The average molecular weight is 371 g/mol. The van der Waals surface area contributed by atoms with Gasteiger partial charge < -0.3 is 14.8 Å². The average Bonchev–Trinajstić information content (AvgIpc) is 2.65. The largest absolute Gasteiger partial charge is 0.497 e. The van der Waals surface area contributed by atoms with Gasteiger partial charge in [0.25, 0.3) is 5.91 Å². The first-order valence-electron chi connectivity index (χ1n) is 8.07. The second-order valence-corrected chi connectivity index (χ2v) is 6.30. The molecule has 2 aromatic carbocycles. The molecule has 0 aliphatic heterocycles. The molecule has 0 aliphatic rings. The van der Waals surface area contributed by atoms with Crippen molar-refractivity contribution < 1.29 is 14.3 Å². The van der Waals surface area contributed by atoms with Crippen molar-refractivity contribution in [1.82, 2.24) is 10.3 Å². The minimum atomic E-state index is -0.196. The number of hydrogen-bond acceptors (Lipinski definition) is 4. The van der Waals surface area contributed by atoms with Crippen molar-refractivity contribution in [1.29, 1.82) is 0 Å². The summed E-state index contributed by atoms with van der Waals surface area (Å²) < 4.78 is 10.5. The van der Waals surface area contributed by atoms with Crippen LogP contribution in [0.4, 0.5) is 0 Å². The minimum Gasteiger partial charge on any atom is -0.497 e. The predicted molar refractivity (Wildman–Crippen MR) is 102 cm³/mol. The number of nitrogens with zero attached hydrogens (tertiary/aromatic N) is 1. The van der Waals surface area contributed by atoms with E-state index in [-0.39, 0.29) is 5.91 Å². The number of carbonyl (C=O) groups is 1. The normalized spacial score (nSPS) is 10.6. The molecule has 6 heteroatoms. The van der Waals surface area contributed by atoms with Gasteiger partial charge in [-0.3, -0.25) is 9.78 Å². The summed E-state index contributed by atoms with van der Waals surface area (Å²) in [6.07, 6.45) is 0. The van der Waals surface area contributed by atoms with E-state index in [0.29, 0.717) is 34.3 Å². The number of aromatic nitrogens is 1. The molecule has 3 aromatic rings. The number of nitrogens with one attached hydrogen (secondary N) is 1. The Labute approximate surface area is 156 Å². The number of benzene rings is 2. The molecule has 1 N–H and O–H groups in total. The highest BCUT2D eigenvalue weighted by molar-refractivity contribution is 6.31. The standard InChI is InChI=1S/C20H19ClN2O3/c1-12-18(9-14-8-15(21)4-5-19(14)23-12)20(24)22-11-13-6-16(25-2)10-17(7-13)26-3/h4-10H,11H2,1-3H3,(H,22,24). The smallest absolute Gasteiger partial charge is 0.253 e. The highest BCUT2D eigenvalue weighted by Crippen LogP contribution is 2.23. The Bertz CT molecular complexity index is 950. The molecule has 0 spiro atoms. The number of methoxy groups -OCH3 is 2. The lowest BCUT2D eigenvalue weighted by atomic mass is 10.1. The number of amides is 1. The van der Waals surface area contributed by atoms with Crippen LogP contribution >= 0.6 is 11.6 Å². The van der Waals surface area contributed by atoms with Crippen LogP contribution in [0.15, 0.2) is 42.5 Å². The van der Waals surface area contributed by atoms with Crippen LogP contribution in [0.3, 0.4) is 0 Å². The van der Waals surface area contributed by atoms with E-state index in [1.807, 2.05) is 31.2 Å². The molecule has 0 fully saturated rings. The van der Waals surface area contributed by atoms with Gasteiger partial charge in [-0.05, 0) is 48.9 Å². The molecule has 0 radical (unpaired) electrons. The second-order valence-electron chi connectivity index (χ2n) is 5.86. The Kier molecular flexibility index (Phi) is 5.28. The van der Waals surface area contributed by atoms with E-state index >= 15 is 0 Å². The van der Waals surface area contributed by atoms with E-state index in [2.05, 4.69) is 10.3 Å². The van der Waals surface area contributed by atoms with Gasteiger partial charge >= 0.3 is 0 Å². The Morgan fingerprint density at radius 2 is 1.77 bits per heavy atom. The van der Waals surface area contributed by atoms with Gasteiger partial charge in [0.1, 0.15) is 11.5 Å². The van der Waals surface area contributed by atoms with Crippen molar-refractivity contribution in [3.05, 3.63) is 64.3 Å². The van der Waals surface area contributed by atoms with E-state index in [0.717, 1.165) is 16.5 Å². The molecule has 26 heavy (non-hydrogen) atoms. The number of pyridine rings is 1. The molecule has 0 atom stereocenters. The zero-order valence-corrected chi connectivity index (χ0v) is 15.6. The third-order valence-electron chi connectivity index (χ3n) is 4.08. The van der Waals surface area contributed by atoms with Crippen molar-refractivity contribution in [2.75, 3.05) is 14.2 Å². The molecule has 0 saturated carbocycles. The fourth-order valence-corrected chi connectivity index (χ4v) is 2.90. The first-order chi connectivity index (χ1) is 12.5. The summed E-state index contributed by atoms with van der Waals surface area (Å²) in [5.41, 5.74) is 2.88. The van der Waals surface area contributed by atoms with Crippen LogP contribution in [0.25, 0.3) is 10.9 Å². The van der Waals surface area contributed by atoms with Crippen LogP contribution in [0.2, 0.25) is 5.02 Å². The summed E-state index contributed by atoms with van der Waals surface area (Å²) in [4.78, 5) is 17.1. The molecule has 5 nitrogen and oxygen atoms in total. The van der Waals surface area contributed by atoms with Crippen LogP contribution in [0.5, 0.6) is 11.5 Å². The van der Waals surface area contributed by atoms with E-state index < -0.39 is 0 Å². The zero-order valence-electron chi connectivity index (χ0n) is 14.8. The van der Waals surface area contributed by atoms with Crippen LogP contribution in [-0.2, 0) is 6.54 Å². The number of fused-ring (bicyclic) bond motifs is 1. The van der Waals surface area contributed by atoms with Gasteiger partial charge in [0.15, 0.2) is 0 Å². The highest BCUT2D eigenvalue weighted by atomic mass is 35.5. The van der Waals surface area contributed by atoms with Crippen LogP contribution in [0, 0.1) is 6.92 Å². The summed E-state index contributed by atoms with van der Waals surface area (Å²) in [7, 11) is 3.18. The van der Waals surface area contributed by atoms with Crippen LogP contribution in [-0.4, -0.2) is 25.1 Å². The summed E-state index contributed by atoms with van der Waals surface area (Å²) in [5.74, 6) is 1.15. The minimum absolute atomic E-state index is 0.196. The van der Waals surface area contributed by atoms with Gasteiger partial charge in [-0.25, -0.2) is 0 Å². The summed E-state index contributed by atoms with van der Waals surface area (Å²) in [5, 5.41) is 4.35. The Balaban J connectivity index is 1.82. The van der Waals surface area contributed by atoms with Crippen molar-refractivity contribution in [2.24, 2.45) is 0 Å². The Hall–Kier alpha value is -2.79. The lowest BCUT2D eigenvalue weighted by Crippen LogP contribution is -2.24. The van der Waals surface area contributed by atoms with Crippen molar-refractivity contribution in [3.8, 4) is 11.5 Å². The van der Waals surface area contributed by atoms with Crippen molar-refractivity contribution in [3.63, 3.8) is 0 Å². The molecule has 0 bridgehead atoms. The Morgan fingerprint density at radius 3 is 2.42 bits per heavy atom. The van der Waals surface area contributed by atoms with E-state index in [1.165, 1.54) is 0 Å². The molecule has 3 rings (SSSR count). The number of halogens is 1. The maximum Gasteiger partial charge on any atom is 0.253 e. The third-order valence-corrected chi connectivity index (χ3v) is 4.31. The quantitative estimate of drug-likeness (QED) is 0.733. The van der Waals surface area contributed by atoms with Gasteiger partial charge in [0.05, 0.1) is 31.0 Å². The first-order valence-corrected chi connectivity index (χ1v) is 8.45. The first kappa shape index (κ1) is 18.0. The van der Waals surface area contributed by atoms with Gasteiger partial charge in [-0.15, -0.1) is 0 Å². The van der Waals surface area contributed by atoms with Gasteiger partial charge in [-0.1, -0.05) is 11.6 Å². The fraction of sp³-hybridized carbons (Fsp3) is 0.200. The topological polar surface area (TPSA) is 60.5 Å². The molecule has 1 heterocycles. The van der Waals surface area contributed by atoms with E-state index in [4.69, 9.17) is 21.1 Å². The number of carbonyl (C=O) groups excluding carboxylic acids is 1. The zero-order chi connectivity index (χ0) is 18.7. The number of ether oxygens (including phenoxy) is 2. The summed E-state index contributed by atoms with van der Waals surface area (Å²) in [6.45, 7) is 2.16. The second kappa shape index (κ2) is 7.62. The lowest BCUT2D eigenvalue weighted by molar-refractivity contribution is 0.0950. The van der Waals surface area contributed by atoms with E-state index in [1.54, 1.807) is 32.4 Å². The molecule has 0 unspecified atom stereocenters. The maximum atomic E-state index is 12.6. The Morgan fingerprint density at radius 1 is 1.08 bits per heavy atom. The van der Waals surface area contributed by atoms with Gasteiger partial charge in [0, 0.05) is 23.0 Å². The molecule has 1 aromatic heterocycles. The SMILES string of the molecule is COc1cc(CNC(=O)c2cc3cc(Cl)ccc3nc2C)cc(OC)c1. The molecule has 1 amide bonds. The molecular formula is C20H19ClN2O3. The molecule has 0 saturated heterocycles. The predicted octanol–water partition coefficient (Wildman–Crippen LogP) is 4.14. The number of hydrogen-bond donors (Lipinski definition) is 1. The summed E-state index contributed by atoms with van der Waals surface area (Å²) in [6, 6.07) is 12.7. The number of aryl methyl sites for hydroxylation is 1. The van der Waals surface area contributed by atoms with Gasteiger partial charge in [-0.2, -0.15) is 0 Å². The monoisotopic (exact) mass is 370 g/mol. The van der Waals surface area contributed by atoms with Crippen LogP contribution < -0.4 is 14.8 Å². The van der Waals surface area contributed by atoms with E-state index in [9.17, 15) is 4.79 Å². The molecular weight excluding hydrogens is 352 g/mol. The lowest BCUT2D eigenvalue weighted by Gasteiger charge is -2.11. The molecule has 0 aliphatic carbocycles. The molecule has 134 valence electrons. The van der Waals surface area contributed by atoms with Crippen molar-refractivity contribution in [2.45, 2.75) is 13.5 Å². The highest BCUT2D eigenvalue weighted by Gasteiger charge is 2.12. The fourth-order valence-electron chi connectivity index (χ4n) is 2.72. The third kappa shape index (κ3) is 3.89. The van der Waals surface area contributed by atoms with Crippen LogP contribution in [0.1, 0.15) is 21.6 Å². The maximum absolute atomic E-state index is 12.6. The van der Waals surface area contributed by atoms with Crippen molar-refractivity contribution >= 4 is 28.4 Å².